The van der Waals surface area contributed by atoms with Crippen LogP contribution in [0.3, 0.4) is 0 Å². The number of hydrogen-bond acceptors (Lipinski definition) is 8. The van der Waals surface area contributed by atoms with Crippen molar-refractivity contribution in [2.45, 2.75) is 117 Å². The average Bonchev–Trinajstić information content (AvgIpc) is 2.48. The van der Waals surface area contributed by atoms with Crippen molar-refractivity contribution >= 4 is 55.7 Å². The lowest BCUT2D eigenvalue weighted by molar-refractivity contribution is -0.123. The van der Waals surface area contributed by atoms with Crippen molar-refractivity contribution < 1.29 is 35.6 Å². The lowest BCUT2D eigenvalue weighted by Crippen LogP contribution is -2.54. The molecule has 0 N–H and O–H groups in total. The molecule has 8 nitrogen and oxygen atoms in total. The number of aldehydes is 1. The highest BCUT2D eigenvalue weighted by Gasteiger charge is 2.43. The van der Waals surface area contributed by atoms with Crippen molar-refractivity contribution in [1.29, 1.82) is 0 Å². The Morgan fingerprint density at radius 1 is 0.618 bits per heavy atom. The molecular weight excluding hydrogens is 540 g/mol. The maximum absolute atomic E-state index is 13.7. The van der Waals surface area contributed by atoms with Gasteiger partial charge in [0.25, 0.3) is 0 Å². The van der Waals surface area contributed by atoms with Gasteiger partial charge in [-0.25, -0.2) is 4.57 Å². The predicted octanol–water partition coefficient (Wildman–Crippen LogP) is 6.67. The van der Waals surface area contributed by atoms with Crippen molar-refractivity contribution in [3.63, 3.8) is 0 Å². The molecule has 0 amide bonds. The Balaban J connectivity index is 6.29. The maximum atomic E-state index is 13.7. The zero-order chi connectivity index (χ0) is 27.4. The fourth-order valence-electron chi connectivity index (χ4n) is 2.90. The van der Waals surface area contributed by atoms with Gasteiger partial charge in [0.15, 0.2) is 41.6 Å². The van der Waals surface area contributed by atoms with Gasteiger partial charge in [0.2, 0.25) is 0 Å². The van der Waals surface area contributed by atoms with Crippen LogP contribution in [0.1, 0.15) is 0 Å². The normalized spacial score (nSPS) is 17.4. The van der Waals surface area contributed by atoms with E-state index in [4.69, 9.17) is 26.2 Å². The molecule has 0 aromatic heterocycles. The van der Waals surface area contributed by atoms with Crippen LogP contribution in [0.25, 0.3) is 0 Å². The second-order valence-electron chi connectivity index (χ2n) is 13.4. The summed E-state index contributed by atoms with van der Waals surface area (Å²) >= 11 is 0. The van der Waals surface area contributed by atoms with Crippen LogP contribution >= 0.6 is 7.82 Å². The summed E-state index contributed by atoms with van der Waals surface area (Å²) in [5.74, 6) is 0. The molecular formula is C20H51O8PSi5. The van der Waals surface area contributed by atoms with Crippen molar-refractivity contribution in [2.75, 3.05) is 6.61 Å². The molecule has 14 heteroatoms. The quantitative estimate of drug-likeness (QED) is 0.112. The molecule has 204 valence electrons. The maximum Gasteiger partial charge on any atom is 0.455 e. The van der Waals surface area contributed by atoms with E-state index >= 15 is 0 Å². The summed E-state index contributed by atoms with van der Waals surface area (Å²) < 4.78 is 50.7. The third kappa shape index (κ3) is 17.2. The van der Waals surface area contributed by atoms with E-state index in [-0.39, 0.29) is 6.61 Å². The van der Waals surface area contributed by atoms with Crippen molar-refractivity contribution in [2.24, 2.45) is 0 Å². The Morgan fingerprint density at radius 3 is 1.29 bits per heavy atom. The standard InChI is InChI=1S/C20H51O8PSi5/c1-30(2,3)24-18(16-21)20(26-32(7,8)9)19(25-31(4,5)6)17-23-29(22,27-33(10,11)12)28-34(13,14)15/h16,18-20H,17H2,1-15H3/t18-,19+,20-/m1/s1. The van der Waals surface area contributed by atoms with Gasteiger partial charge in [-0.15, -0.1) is 0 Å². The smallest absolute Gasteiger partial charge is 0.410 e. The molecule has 0 spiro atoms. The molecule has 34 heavy (non-hydrogen) atoms. The number of rotatable bonds is 16. The molecule has 0 saturated heterocycles. The molecule has 0 radical (unpaired) electrons. The van der Waals surface area contributed by atoms with Gasteiger partial charge in [-0.1, -0.05) is 0 Å². The summed E-state index contributed by atoms with van der Waals surface area (Å²) in [6.07, 6.45) is -1.40. The molecule has 0 aliphatic carbocycles. The minimum Gasteiger partial charge on any atom is -0.410 e. The zero-order valence-electron chi connectivity index (χ0n) is 24.2. The van der Waals surface area contributed by atoms with E-state index in [1.54, 1.807) is 0 Å². The second kappa shape index (κ2) is 12.5. The Bertz CT molecular complexity index is 670. The summed E-state index contributed by atoms with van der Waals surface area (Å²) in [5, 5.41) is 0. The Labute approximate surface area is 214 Å². The van der Waals surface area contributed by atoms with Gasteiger partial charge in [-0.05, 0) is 98.2 Å². The monoisotopic (exact) mass is 590 g/mol. The molecule has 3 atom stereocenters. The topological polar surface area (TPSA) is 89.5 Å². The van der Waals surface area contributed by atoms with Crippen LogP contribution in [0.4, 0.5) is 0 Å². The highest BCUT2D eigenvalue weighted by molar-refractivity contribution is 7.52. The Hall–Kier alpha value is 0.744. The third-order valence-electron chi connectivity index (χ3n) is 3.48. The van der Waals surface area contributed by atoms with Gasteiger partial charge in [-0.2, -0.15) is 0 Å². The fraction of sp³-hybridized carbons (Fsp3) is 0.950. The molecule has 0 aliphatic rings. The molecule has 0 aromatic carbocycles. The first kappa shape index (κ1) is 34.7. The summed E-state index contributed by atoms with van der Waals surface area (Å²) in [5.41, 5.74) is 0. The number of carbonyl (C=O) groups excluding carboxylic acids is 1. The van der Waals surface area contributed by atoms with Gasteiger partial charge in [-0.3, -0.25) is 4.52 Å². The fourth-order valence-corrected chi connectivity index (χ4v) is 12.7. The van der Waals surface area contributed by atoms with Crippen molar-refractivity contribution in [3.8, 4) is 0 Å². The summed E-state index contributed by atoms with van der Waals surface area (Å²) in [7, 11) is -14.7. The van der Waals surface area contributed by atoms with Crippen LogP contribution in [0.2, 0.25) is 98.2 Å². The van der Waals surface area contributed by atoms with Crippen LogP contribution in [0.5, 0.6) is 0 Å². The highest BCUT2D eigenvalue weighted by Crippen LogP contribution is 2.54. The van der Waals surface area contributed by atoms with Gasteiger partial charge < -0.3 is 26.5 Å². The van der Waals surface area contributed by atoms with Crippen molar-refractivity contribution in [1.82, 2.24) is 0 Å². The molecule has 0 saturated carbocycles. The molecule has 0 aliphatic heterocycles. The Kier molecular flexibility index (Phi) is 12.8. The van der Waals surface area contributed by atoms with Gasteiger partial charge in [0, 0.05) is 0 Å². The van der Waals surface area contributed by atoms with Crippen LogP contribution in [-0.2, 0) is 35.6 Å². The molecule has 0 unspecified atom stereocenters. The summed E-state index contributed by atoms with van der Waals surface area (Å²) in [6, 6.07) is 0. The predicted molar refractivity (Wildman–Crippen MR) is 153 cm³/mol. The minimum absolute atomic E-state index is 0.0922. The Morgan fingerprint density at radius 2 is 1.00 bits per heavy atom. The van der Waals surface area contributed by atoms with E-state index < -0.39 is 67.7 Å². The minimum atomic E-state index is -3.86. The lowest BCUT2D eigenvalue weighted by Gasteiger charge is -2.40. The van der Waals surface area contributed by atoms with Gasteiger partial charge in [0.1, 0.15) is 18.5 Å². The van der Waals surface area contributed by atoms with Gasteiger partial charge in [0.05, 0.1) is 12.7 Å². The number of carbonyl (C=O) groups is 1. The van der Waals surface area contributed by atoms with Crippen molar-refractivity contribution in [3.05, 3.63) is 0 Å². The number of phosphoric acid groups is 1. The lowest BCUT2D eigenvalue weighted by atomic mass is 10.1. The zero-order valence-corrected chi connectivity index (χ0v) is 30.1. The van der Waals surface area contributed by atoms with E-state index in [1.165, 1.54) is 0 Å². The first-order valence-electron chi connectivity index (χ1n) is 11.9. The second-order valence-corrected chi connectivity index (χ2v) is 37.9. The average molecular weight is 591 g/mol. The van der Waals surface area contributed by atoms with E-state index in [9.17, 15) is 9.36 Å². The first-order valence-corrected chi connectivity index (χ1v) is 30.4. The molecule has 0 rings (SSSR count). The van der Waals surface area contributed by atoms with Crippen LogP contribution in [-0.4, -0.2) is 72.8 Å². The largest absolute Gasteiger partial charge is 0.455 e. The SMILES string of the molecule is C[Si](C)(C)O[C@@H]([C@H](COP(=O)(O[Si](C)(C)C)O[Si](C)(C)C)O[Si](C)(C)C)[C@@H](C=O)O[Si](C)(C)C. The van der Waals surface area contributed by atoms with Crippen LogP contribution in [0.15, 0.2) is 0 Å². The molecule has 0 bridgehead atoms. The molecule has 0 aromatic rings. The molecule has 0 fully saturated rings. The summed E-state index contributed by atoms with van der Waals surface area (Å²) in [6.45, 7) is 29.9. The van der Waals surface area contributed by atoms with E-state index in [1.807, 2.05) is 58.9 Å². The summed E-state index contributed by atoms with van der Waals surface area (Å²) in [4.78, 5) is 12.2. The number of hydrogen-bond donors (Lipinski definition) is 0. The van der Waals surface area contributed by atoms with Gasteiger partial charge >= 0.3 is 7.82 Å². The molecule has 0 heterocycles. The highest BCUT2D eigenvalue weighted by atomic mass is 31.2. The van der Waals surface area contributed by atoms with E-state index in [0.717, 1.165) is 6.29 Å². The van der Waals surface area contributed by atoms with Crippen LogP contribution in [0, 0.1) is 0 Å². The van der Waals surface area contributed by atoms with E-state index in [0.29, 0.717) is 0 Å². The third-order valence-corrected chi connectivity index (χ3v) is 13.1. The van der Waals surface area contributed by atoms with E-state index in [2.05, 4.69) is 39.3 Å². The van der Waals surface area contributed by atoms with Crippen LogP contribution < -0.4 is 0 Å². The first-order chi connectivity index (χ1) is 14.7.